The molecule has 7 nitrogen and oxygen atoms in total. The van der Waals surface area contributed by atoms with Crippen LogP contribution >= 0.6 is 0 Å². The zero-order valence-corrected chi connectivity index (χ0v) is 21.3. The maximum Gasteiger partial charge on any atom is 0.338 e. The number of hydrogen-bond acceptors (Lipinski definition) is 6. The Labute approximate surface area is 218 Å². The first-order valence-electron chi connectivity index (χ1n) is 12.8. The third-order valence-corrected chi connectivity index (χ3v) is 6.91. The summed E-state index contributed by atoms with van der Waals surface area (Å²) in [5.74, 6) is -0.631. The van der Waals surface area contributed by atoms with Crippen LogP contribution in [0.2, 0.25) is 0 Å². The predicted molar refractivity (Wildman–Crippen MR) is 140 cm³/mol. The highest BCUT2D eigenvalue weighted by molar-refractivity contribution is 5.89. The molecule has 2 N–H and O–H groups in total. The van der Waals surface area contributed by atoms with Gasteiger partial charge in [0.2, 0.25) is 5.91 Å². The molecule has 0 aliphatic carbocycles. The number of hydrogen-bond donors (Lipinski definition) is 2. The second-order valence-corrected chi connectivity index (χ2v) is 9.82. The molecule has 0 saturated carbocycles. The van der Waals surface area contributed by atoms with Gasteiger partial charge in [0, 0.05) is 5.56 Å². The minimum atomic E-state index is -0.794. The fourth-order valence-electron chi connectivity index (χ4n) is 4.59. The summed E-state index contributed by atoms with van der Waals surface area (Å²) in [4.78, 5) is 24.9. The zero-order valence-electron chi connectivity index (χ0n) is 21.3. The highest BCUT2D eigenvalue weighted by Crippen LogP contribution is 2.42. The largest absolute Gasteiger partial charge is 0.458 e. The Bertz CT molecular complexity index is 1120. The van der Waals surface area contributed by atoms with E-state index in [-0.39, 0.29) is 31.1 Å². The molecule has 2 aromatic carbocycles. The topological polar surface area (TPSA) is 94.1 Å². The molecule has 2 aliphatic heterocycles. The number of benzene rings is 2. The lowest BCUT2D eigenvalue weighted by Crippen LogP contribution is -2.40. The third-order valence-electron chi connectivity index (χ3n) is 6.91. The molecule has 0 spiro atoms. The van der Waals surface area contributed by atoms with E-state index in [1.165, 1.54) is 0 Å². The Kier molecular flexibility index (Phi) is 8.92. The number of carbonyl (C=O) groups is 2. The summed E-state index contributed by atoms with van der Waals surface area (Å²) in [6.07, 6.45) is 5.65. The Hall–Kier alpha value is -3.26. The molecule has 0 unspecified atom stereocenters. The van der Waals surface area contributed by atoms with Crippen molar-refractivity contribution in [2.75, 3.05) is 6.61 Å². The molecule has 2 heterocycles. The van der Waals surface area contributed by atoms with Crippen LogP contribution in [0.15, 0.2) is 84.5 Å². The summed E-state index contributed by atoms with van der Waals surface area (Å²) in [5.41, 5.74) is 1.65. The van der Waals surface area contributed by atoms with Gasteiger partial charge in [-0.05, 0) is 51.3 Å². The molecule has 0 aromatic heterocycles. The Balaban J connectivity index is 1.46. The van der Waals surface area contributed by atoms with Crippen molar-refractivity contribution in [1.29, 1.82) is 0 Å². The van der Waals surface area contributed by atoms with E-state index in [0.29, 0.717) is 24.8 Å². The standard InChI is InChI=1S/C30H35NO6/c1-21(17-19-35-28(34)22-10-5-3-6-11-22)25-14-9-15-26-30(2,18-16-24(32)20-27(33)31-25)37-29(36-26)23-12-7-4-8-13-23/h3-13,15,17,24-26,29,32H,14,16,18-20H2,1-2H3,(H,31,33)/b15-9+,21-17+/t24-,25+,26+,29+,30-/m1/s1. The van der Waals surface area contributed by atoms with Crippen LogP contribution in [0.5, 0.6) is 0 Å². The minimum absolute atomic E-state index is 0.000203. The molecule has 1 saturated heterocycles. The number of carbonyl (C=O) groups excluding carboxylic acids is 2. The van der Waals surface area contributed by atoms with Gasteiger partial charge in [0.25, 0.3) is 0 Å². The van der Waals surface area contributed by atoms with Crippen molar-refractivity contribution < 1.29 is 28.9 Å². The fourth-order valence-corrected chi connectivity index (χ4v) is 4.59. The van der Waals surface area contributed by atoms with E-state index in [4.69, 9.17) is 14.2 Å². The summed E-state index contributed by atoms with van der Waals surface area (Å²) in [5, 5.41) is 13.6. The molecular weight excluding hydrogens is 470 g/mol. The van der Waals surface area contributed by atoms with Gasteiger partial charge in [0.05, 0.1) is 29.7 Å². The van der Waals surface area contributed by atoms with E-state index in [0.717, 1.165) is 11.1 Å². The lowest BCUT2D eigenvalue weighted by Gasteiger charge is -2.29. The van der Waals surface area contributed by atoms with Crippen molar-refractivity contribution in [2.45, 2.75) is 69.7 Å². The average Bonchev–Trinajstić information content (AvgIpc) is 3.23. The molecule has 37 heavy (non-hydrogen) atoms. The van der Waals surface area contributed by atoms with Gasteiger partial charge in [-0.3, -0.25) is 4.79 Å². The van der Waals surface area contributed by atoms with E-state index >= 15 is 0 Å². The van der Waals surface area contributed by atoms with E-state index in [1.54, 1.807) is 30.3 Å². The minimum Gasteiger partial charge on any atom is -0.458 e. The van der Waals surface area contributed by atoms with Crippen molar-refractivity contribution in [3.05, 3.63) is 95.6 Å². The van der Waals surface area contributed by atoms with Crippen LogP contribution in [0.25, 0.3) is 0 Å². The molecule has 196 valence electrons. The van der Waals surface area contributed by atoms with Gasteiger partial charge < -0.3 is 24.6 Å². The number of esters is 1. The van der Waals surface area contributed by atoms with Gasteiger partial charge in [0.15, 0.2) is 6.29 Å². The number of ether oxygens (including phenoxy) is 3. The number of aliphatic hydroxyl groups excluding tert-OH is 1. The summed E-state index contributed by atoms with van der Waals surface area (Å²) in [6.45, 7) is 3.98. The third kappa shape index (κ3) is 7.16. The summed E-state index contributed by atoms with van der Waals surface area (Å²) in [6, 6.07) is 18.3. The molecule has 4 rings (SSSR count). The first-order valence-corrected chi connectivity index (χ1v) is 12.8. The lowest BCUT2D eigenvalue weighted by molar-refractivity contribution is -0.124. The Morgan fingerprint density at radius 2 is 1.86 bits per heavy atom. The van der Waals surface area contributed by atoms with E-state index in [9.17, 15) is 14.7 Å². The quantitative estimate of drug-likeness (QED) is 0.454. The lowest BCUT2D eigenvalue weighted by atomic mass is 9.90. The molecule has 0 bridgehead atoms. The van der Waals surface area contributed by atoms with E-state index < -0.39 is 24.0 Å². The molecule has 2 aliphatic rings. The normalized spacial score (nSPS) is 29.8. The second kappa shape index (κ2) is 12.3. The molecule has 1 amide bonds. The van der Waals surface area contributed by atoms with Gasteiger partial charge in [0.1, 0.15) is 12.7 Å². The van der Waals surface area contributed by atoms with Gasteiger partial charge in [-0.1, -0.05) is 66.3 Å². The zero-order chi connectivity index (χ0) is 26.3. The first kappa shape index (κ1) is 26.8. The van der Waals surface area contributed by atoms with Crippen molar-refractivity contribution in [1.82, 2.24) is 5.32 Å². The first-order chi connectivity index (χ1) is 17.8. The monoisotopic (exact) mass is 505 g/mol. The van der Waals surface area contributed by atoms with E-state index in [1.807, 2.05) is 62.4 Å². The van der Waals surface area contributed by atoms with Crippen molar-refractivity contribution >= 4 is 11.9 Å². The number of fused-ring (bicyclic) bond motifs is 1. The van der Waals surface area contributed by atoms with Crippen LogP contribution in [-0.4, -0.2) is 47.4 Å². The fraction of sp³-hybridized carbons (Fsp3) is 0.400. The maximum atomic E-state index is 12.7. The van der Waals surface area contributed by atoms with Crippen molar-refractivity contribution in [3.8, 4) is 0 Å². The van der Waals surface area contributed by atoms with Gasteiger partial charge in [-0.15, -0.1) is 0 Å². The van der Waals surface area contributed by atoms with Crippen LogP contribution in [-0.2, 0) is 19.0 Å². The molecule has 0 radical (unpaired) electrons. The van der Waals surface area contributed by atoms with Crippen molar-refractivity contribution in [2.24, 2.45) is 0 Å². The van der Waals surface area contributed by atoms with Crippen LogP contribution in [0.4, 0.5) is 0 Å². The number of rotatable bonds is 5. The predicted octanol–water partition coefficient (Wildman–Crippen LogP) is 4.64. The van der Waals surface area contributed by atoms with Crippen LogP contribution in [0.3, 0.4) is 0 Å². The highest BCUT2D eigenvalue weighted by atomic mass is 16.7. The number of amides is 1. The Morgan fingerprint density at radius 1 is 1.16 bits per heavy atom. The SMILES string of the molecule is C/C(=C\COC(=O)c1ccccc1)[C@@H]1C/C=C/[C@@H]2O[C@H](c3ccccc3)O[C@]2(C)CC[C@@H](O)CC(=O)N1. The van der Waals surface area contributed by atoms with Crippen LogP contribution < -0.4 is 5.32 Å². The van der Waals surface area contributed by atoms with Crippen molar-refractivity contribution in [3.63, 3.8) is 0 Å². The van der Waals surface area contributed by atoms with Gasteiger partial charge >= 0.3 is 5.97 Å². The number of nitrogens with one attached hydrogen (secondary N) is 1. The van der Waals surface area contributed by atoms with Crippen LogP contribution in [0.1, 0.15) is 61.7 Å². The van der Waals surface area contributed by atoms with E-state index in [2.05, 4.69) is 5.32 Å². The summed E-state index contributed by atoms with van der Waals surface area (Å²) >= 11 is 0. The maximum absolute atomic E-state index is 12.7. The summed E-state index contributed by atoms with van der Waals surface area (Å²) < 4.78 is 18.0. The molecular formula is C30H35NO6. The molecule has 5 atom stereocenters. The molecule has 1 fully saturated rings. The average molecular weight is 506 g/mol. The smallest absolute Gasteiger partial charge is 0.338 e. The highest BCUT2D eigenvalue weighted by Gasteiger charge is 2.45. The van der Waals surface area contributed by atoms with Crippen LogP contribution in [0, 0.1) is 0 Å². The molecule has 7 heteroatoms. The number of aliphatic hydroxyl groups is 1. The Morgan fingerprint density at radius 3 is 2.59 bits per heavy atom. The molecule has 2 aromatic rings. The van der Waals surface area contributed by atoms with Gasteiger partial charge in [-0.25, -0.2) is 4.79 Å². The second-order valence-electron chi connectivity index (χ2n) is 9.82. The summed E-state index contributed by atoms with van der Waals surface area (Å²) in [7, 11) is 0. The van der Waals surface area contributed by atoms with Gasteiger partial charge in [-0.2, -0.15) is 0 Å².